The Labute approximate surface area is 103 Å². The molecule has 3 heterocycles. The molecule has 0 saturated heterocycles. The second-order valence-corrected chi connectivity index (χ2v) is 5.11. The van der Waals surface area contributed by atoms with Crippen molar-refractivity contribution in [1.82, 2.24) is 9.55 Å². The van der Waals surface area contributed by atoms with Crippen LogP contribution >= 0.6 is 11.3 Å². The van der Waals surface area contributed by atoms with Crippen molar-refractivity contribution in [2.24, 2.45) is 0 Å². The topological polar surface area (TPSA) is 55.1 Å². The van der Waals surface area contributed by atoms with Gasteiger partial charge < -0.3 is 9.67 Å². The molecule has 2 aromatic heterocycles. The van der Waals surface area contributed by atoms with Crippen molar-refractivity contribution in [3.05, 3.63) is 29.4 Å². The molecule has 1 unspecified atom stereocenters. The number of aromatic nitrogens is 2. The molecule has 0 radical (unpaired) electrons. The van der Waals surface area contributed by atoms with E-state index in [4.69, 9.17) is 0 Å². The Bertz CT molecular complexity index is 545. The summed E-state index contributed by atoms with van der Waals surface area (Å²) in [6.45, 7) is 0. The Morgan fingerprint density at radius 1 is 1.59 bits per heavy atom. The van der Waals surface area contributed by atoms with Crippen LogP contribution in [0.25, 0.3) is 10.7 Å². The maximum absolute atomic E-state index is 11.3. The number of imidazole rings is 1. The number of carboxylic acids is 1. The molecule has 2 aromatic rings. The molecule has 1 N–H and O–H groups in total. The number of fused-ring (bicyclic) bond motifs is 1. The first-order chi connectivity index (χ1) is 8.27. The summed E-state index contributed by atoms with van der Waals surface area (Å²) in [5.74, 6) is 0.0313. The summed E-state index contributed by atoms with van der Waals surface area (Å²) >= 11 is 1.59. The van der Waals surface area contributed by atoms with Crippen molar-refractivity contribution in [3.8, 4) is 10.7 Å². The fourth-order valence-electron chi connectivity index (χ4n) is 2.36. The van der Waals surface area contributed by atoms with Crippen LogP contribution in [0.2, 0.25) is 0 Å². The highest BCUT2D eigenvalue weighted by Crippen LogP contribution is 2.33. The molecular formula is C12H12N2O2S. The second-order valence-electron chi connectivity index (χ2n) is 4.17. The maximum Gasteiger partial charge on any atom is 0.326 e. The largest absolute Gasteiger partial charge is 0.480 e. The third-order valence-electron chi connectivity index (χ3n) is 3.12. The Morgan fingerprint density at radius 2 is 2.47 bits per heavy atom. The highest BCUT2D eigenvalue weighted by Gasteiger charge is 2.28. The fraction of sp³-hybridized carbons (Fsp3) is 0.333. The lowest BCUT2D eigenvalue weighted by Crippen LogP contribution is -2.25. The van der Waals surface area contributed by atoms with E-state index in [-0.39, 0.29) is 0 Å². The summed E-state index contributed by atoms with van der Waals surface area (Å²) < 4.78 is 1.89. The molecule has 0 spiro atoms. The molecule has 1 aliphatic heterocycles. The van der Waals surface area contributed by atoms with E-state index in [9.17, 15) is 9.90 Å². The number of hydrogen-bond donors (Lipinski definition) is 1. The molecule has 17 heavy (non-hydrogen) atoms. The minimum Gasteiger partial charge on any atom is -0.480 e. The first-order valence-electron chi connectivity index (χ1n) is 5.60. The third-order valence-corrected chi connectivity index (χ3v) is 3.99. The summed E-state index contributed by atoms with van der Waals surface area (Å²) in [5, 5.41) is 11.3. The van der Waals surface area contributed by atoms with Crippen molar-refractivity contribution >= 4 is 17.3 Å². The lowest BCUT2D eigenvalue weighted by molar-refractivity contribution is -0.141. The van der Waals surface area contributed by atoms with Crippen LogP contribution in [0.15, 0.2) is 23.7 Å². The highest BCUT2D eigenvalue weighted by atomic mass is 32.1. The number of aliphatic carboxylic acids is 1. The van der Waals surface area contributed by atoms with Gasteiger partial charge in [0.15, 0.2) is 5.82 Å². The van der Waals surface area contributed by atoms with Gasteiger partial charge in [-0.25, -0.2) is 9.78 Å². The average molecular weight is 248 g/mol. The number of rotatable bonds is 2. The van der Waals surface area contributed by atoms with Crippen LogP contribution in [0.3, 0.4) is 0 Å². The zero-order chi connectivity index (χ0) is 11.8. The molecule has 0 saturated carbocycles. The standard InChI is InChI=1S/C12H12N2O2S/c15-12(16)9-4-1-3-8-7-13-11(14(8)9)10-5-2-6-17-10/h2,5-7,9H,1,3-4H2,(H,15,16). The van der Waals surface area contributed by atoms with Gasteiger partial charge >= 0.3 is 5.97 Å². The lowest BCUT2D eigenvalue weighted by atomic mass is 10.0. The van der Waals surface area contributed by atoms with Gasteiger partial charge in [-0.1, -0.05) is 6.07 Å². The van der Waals surface area contributed by atoms with E-state index < -0.39 is 12.0 Å². The van der Waals surface area contributed by atoms with Crippen LogP contribution in [0.5, 0.6) is 0 Å². The molecule has 0 aromatic carbocycles. The Balaban J connectivity index is 2.14. The number of carboxylic acid groups (broad SMARTS) is 1. The van der Waals surface area contributed by atoms with Crippen LogP contribution in [-0.2, 0) is 11.2 Å². The molecule has 1 aliphatic rings. The molecule has 0 bridgehead atoms. The van der Waals surface area contributed by atoms with E-state index in [0.29, 0.717) is 6.42 Å². The highest BCUT2D eigenvalue weighted by molar-refractivity contribution is 7.13. The molecule has 4 nitrogen and oxygen atoms in total. The fourth-order valence-corrected chi connectivity index (χ4v) is 3.07. The predicted molar refractivity (Wildman–Crippen MR) is 65.2 cm³/mol. The summed E-state index contributed by atoms with van der Waals surface area (Å²) in [6.07, 6.45) is 4.34. The van der Waals surface area contributed by atoms with E-state index in [2.05, 4.69) is 4.98 Å². The number of aryl methyl sites for hydroxylation is 1. The van der Waals surface area contributed by atoms with Crippen LogP contribution in [0.1, 0.15) is 24.6 Å². The van der Waals surface area contributed by atoms with Gasteiger partial charge in [0, 0.05) is 11.9 Å². The quantitative estimate of drug-likeness (QED) is 0.888. The van der Waals surface area contributed by atoms with Gasteiger partial charge in [-0.2, -0.15) is 0 Å². The first kappa shape index (κ1) is 10.5. The first-order valence-corrected chi connectivity index (χ1v) is 6.48. The van der Waals surface area contributed by atoms with Gasteiger partial charge in [0.05, 0.1) is 4.88 Å². The van der Waals surface area contributed by atoms with Crippen molar-refractivity contribution in [2.75, 3.05) is 0 Å². The molecule has 0 fully saturated rings. The Hall–Kier alpha value is -1.62. The number of hydrogen-bond acceptors (Lipinski definition) is 3. The number of thiophene rings is 1. The molecule has 1 atom stereocenters. The van der Waals surface area contributed by atoms with Crippen molar-refractivity contribution in [2.45, 2.75) is 25.3 Å². The van der Waals surface area contributed by atoms with Gasteiger partial charge in [-0.3, -0.25) is 0 Å². The van der Waals surface area contributed by atoms with E-state index in [1.165, 1.54) is 0 Å². The van der Waals surface area contributed by atoms with Crippen LogP contribution < -0.4 is 0 Å². The molecule has 5 heteroatoms. The number of nitrogens with zero attached hydrogens (tertiary/aromatic N) is 2. The summed E-state index contributed by atoms with van der Waals surface area (Å²) in [4.78, 5) is 16.7. The van der Waals surface area contributed by atoms with E-state index in [1.807, 2.05) is 28.3 Å². The lowest BCUT2D eigenvalue weighted by Gasteiger charge is -2.23. The smallest absolute Gasteiger partial charge is 0.326 e. The maximum atomic E-state index is 11.3. The predicted octanol–water partition coefficient (Wildman–Crippen LogP) is 2.57. The van der Waals surface area contributed by atoms with Crippen molar-refractivity contribution in [3.63, 3.8) is 0 Å². The monoisotopic (exact) mass is 248 g/mol. The van der Waals surface area contributed by atoms with Crippen LogP contribution in [-0.4, -0.2) is 20.6 Å². The van der Waals surface area contributed by atoms with Crippen LogP contribution in [0.4, 0.5) is 0 Å². The van der Waals surface area contributed by atoms with Gasteiger partial charge in [0.2, 0.25) is 0 Å². The SMILES string of the molecule is O=C(O)C1CCCc2cnc(-c3cccs3)n21. The van der Waals surface area contributed by atoms with E-state index >= 15 is 0 Å². The zero-order valence-electron chi connectivity index (χ0n) is 9.17. The Kier molecular flexibility index (Phi) is 2.48. The van der Waals surface area contributed by atoms with Gasteiger partial charge in [0.1, 0.15) is 6.04 Å². The van der Waals surface area contributed by atoms with Gasteiger partial charge in [0.25, 0.3) is 0 Å². The van der Waals surface area contributed by atoms with Gasteiger partial charge in [-0.05, 0) is 30.7 Å². The average Bonchev–Trinajstić information content (AvgIpc) is 2.96. The zero-order valence-corrected chi connectivity index (χ0v) is 9.98. The number of carbonyl (C=O) groups is 1. The summed E-state index contributed by atoms with van der Waals surface area (Å²) in [5.41, 5.74) is 1.03. The minimum absolute atomic E-state index is 0.460. The summed E-state index contributed by atoms with van der Waals surface area (Å²) in [7, 11) is 0. The van der Waals surface area contributed by atoms with E-state index in [0.717, 1.165) is 29.2 Å². The van der Waals surface area contributed by atoms with Crippen LogP contribution in [0, 0.1) is 0 Å². The van der Waals surface area contributed by atoms with Gasteiger partial charge in [-0.15, -0.1) is 11.3 Å². The minimum atomic E-state index is -0.762. The Morgan fingerprint density at radius 3 is 3.18 bits per heavy atom. The normalized spacial score (nSPS) is 18.9. The molecule has 3 rings (SSSR count). The van der Waals surface area contributed by atoms with Crippen molar-refractivity contribution in [1.29, 1.82) is 0 Å². The van der Waals surface area contributed by atoms with Crippen molar-refractivity contribution < 1.29 is 9.90 Å². The third kappa shape index (κ3) is 1.67. The van der Waals surface area contributed by atoms with E-state index in [1.54, 1.807) is 11.3 Å². The second kappa shape index (κ2) is 4.00. The molecule has 0 amide bonds. The summed E-state index contributed by atoms with van der Waals surface area (Å²) in [6, 6.07) is 3.48. The molecule has 0 aliphatic carbocycles. The molecular weight excluding hydrogens is 236 g/mol. The molecule has 88 valence electrons.